The highest BCUT2D eigenvalue weighted by atomic mass is 16.2. The number of nitrogens with zero attached hydrogens (tertiary/aromatic N) is 5. The van der Waals surface area contributed by atoms with Crippen molar-refractivity contribution in [3.63, 3.8) is 0 Å². The quantitative estimate of drug-likeness (QED) is 0.569. The van der Waals surface area contributed by atoms with Crippen molar-refractivity contribution in [2.45, 2.75) is 40.0 Å². The van der Waals surface area contributed by atoms with Crippen LogP contribution in [0.25, 0.3) is 10.8 Å². The maximum absolute atomic E-state index is 12.5. The molecule has 36 heavy (non-hydrogen) atoms. The maximum atomic E-state index is 12.5. The van der Waals surface area contributed by atoms with E-state index in [0.29, 0.717) is 24.6 Å². The fraction of sp³-hybridized carbons (Fsp3) is 0.393. The number of hydrogen-bond donors (Lipinski definition) is 1. The van der Waals surface area contributed by atoms with Gasteiger partial charge in [0.1, 0.15) is 11.5 Å². The molecular weight excluding hydrogens is 452 g/mol. The summed E-state index contributed by atoms with van der Waals surface area (Å²) in [7, 11) is 1.96. The Balaban J connectivity index is 0.00000148. The first kappa shape index (κ1) is 25.3. The van der Waals surface area contributed by atoms with Gasteiger partial charge in [-0.2, -0.15) is 0 Å². The molecule has 8 heteroatoms. The van der Waals surface area contributed by atoms with Crippen LogP contribution in [-0.4, -0.2) is 58.3 Å². The van der Waals surface area contributed by atoms with Crippen molar-refractivity contribution in [1.82, 2.24) is 19.9 Å². The van der Waals surface area contributed by atoms with Crippen molar-refractivity contribution in [2.24, 2.45) is 5.92 Å². The van der Waals surface area contributed by atoms with Gasteiger partial charge in [-0.1, -0.05) is 19.8 Å². The summed E-state index contributed by atoms with van der Waals surface area (Å²) in [6.07, 6.45) is 7.97. The average Bonchev–Trinajstić information content (AvgIpc) is 3.74. The number of nitrogens with one attached hydrogen (secondary N) is 1. The van der Waals surface area contributed by atoms with E-state index in [1.165, 1.54) is 0 Å². The van der Waals surface area contributed by atoms with Crippen LogP contribution >= 0.6 is 0 Å². The summed E-state index contributed by atoms with van der Waals surface area (Å²) in [5, 5.41) is 4.68. The molecule has 0 atom stereocenters. The molecule has 8 nitrogen and oxygen atoms in total. The average molecular weight is 485 g/mol. The van der Waals surface area contributed by atoms with Gasteiger partial charge in [0.15, 0.2) is 0 Å². The first-order chi connectivity index (χ1) is 17.5. The van der Waals surface area contributed by atoms with E-state index in [1.54, 1.807) is 23.5 Å². The molecule has 2 aliphatic rings. The second kappa shape index (κ2) is 11.3. The Morgan fingerprint density at radius 3 is 2.56 bits per heavy atom. The monoisotopic (exact) mass is 484 g/mol. The zero-order valence-electron chi connectivity index (χ0n) is 21.3. The molecule has 0 radical (unpaired) electrons. The molecule has 1 aliphatic carbocycles. The van der Waals surface area contributed by atoms with Crippen LogP contribution < -0.4 is 10.2 Å². The number of aryl methyl sites for hydroxylation is 1. The molecular formula is C28H32N6O2. The van der Waals surface area contributed by atoms with Crippen LogP contribution in [-0.2, 0) is 9.59 Å². The molecule has 0 unspecified atom stereocenters. The molecule has 2 amide bonds. The zero-order chi connectivity index (χ0) is 25.7. The first-order valence-electron chi connectivity index (χ1n) is 12.5. The Morgan fingerprint density at radius 1 is 1.03 bits per heavy atom. The molecule has 1 N–H and O–H groups in total. The molecule has 0 aromatic carbocycles. The van der Waals surface area contributed by atoms with E-state index < -0.39 is 0 Å². The zero-order valence-corrected chi connectivity index (χ0v) is 21.3. The van der Waals surface area contributed by atoms with E-state index in [4.69, 9.17) is 0 Å². The number of carbonyl (C=O) groups is 2. The third kappa shape index (κ3) is 5.86. The van der Waals surface area contributed by atoms with E-state index in [2.05, 4.69) is 32.1 Å². The SMILES string of the molecule is CC.Cc1ncc(C#Cc2ccc(N3CCCN(C)CC3=O)cn2)c2cc(NC(=O)C3CC3)ncc12. The molecule has 0 bridgehead atoms. The second-order valence-corrected chi connectivity index (χ2v) is 8.92. The van der Waals surface area contributed by atoms with Crippen LogP contribution in [0.3, 0.4) is 0 Å². The van der Waals surface area contributed by atoms with Crippen molar-refractivity contribution >= 4 is 34.1 Å². The minimum Gasteiger partial charge on any atom is -0.310 e. The van der Waals surface area contributed by atoms with E-state index in [1.807, 2.05) is 50.9 Å². The number of pyridine rings is 3. The summed E-state index contributed by atoms with van der Waals surface area (Å²) in [4.78, 5) is 41.8. The van der Waals surface area contributed by atoms with Gasteiger partial charge in [0.05, 0.1) is 24.0 Å². The van der Waals surface area contributed by atoms with Gasteiger partial charge in [0.2, 0.25) is 11.8 Å². The summed E-state index contributed by atoms with van der Waals surface area (Å²) in [5.74, 6) is 6.99. The van der Waals surface area contributed by atoms with E-state index >= 15 is 0 Å². The van der Waals surface area contributed by atoms with E-state index in [0.717, 1.165) is 53.5 Å². The van der Waals surface area contributed by atoms with Gasteiger partial charge in [-0.05, 0) is 57.4 Å². The van der Waals surface area contributed by atoms with Crippen molar-refractivity contribution in [3.8, 4) is 11.8 Å². The third-order valence-corrected chi connectivity index (χ3v) is 6.18. The lowest BCUT2D eigenvalue weighted by atomic mass is 10.1. The Kier molecular flexibility index (Phi) is 7.91. The molecule has 1 aliphatic heterocycles. The first-order valence-corrected chi connectivity index (χ1v) is 12.5. The number of fused-ring (bicyclic) bond motifs is 1. The lowest BCUT2D eigenvalue weighted by molar-refractivity contribution is -0.119. The topological polar surface area (TPSA) is 91.3 Å². The molecule has 1 saturated heterocycles. The van der Waals surface area contributed by atoms with Crippen LogP contribution in [0.15, 0.2) is 36.8 Å². The molecule has 0 spiro atoms. The third-order valence-electron chi connectivity index (χ3n) is 6.18. The normalized spacial score (nSPS) is 15.9. The Morgan fingerprint density at radius 2 is 1.83 bits per heavy atom. The summed E-state index contributed by atoms with van der Waals surface area (Å²) in [5.41, 5.74) is 2.98. The van der Waals surface area contributed by atoms with Crippen molar-refractivity contribution in [2.75, 3.05) is 36.9 Å². The maximum Gasteiger partial charge on any atom is 0.241 e. The van der Waals surface area contributed by atoms with Crippen LogP contribution in [0.1, 0.15) is 50.1 Å². The number of anilines is 2. The van der Waals surface area contributed by atoms with Crippen LogP contribution in [0.2, 0.25) is 0 Å². The minimum atomic E-state index is 0.0177. The van der Waals surface area contributed by atoms with E-state index in [-0.39, 0.29) is 17.7 Å². The minimum absolute atomic E-state index is 0.0177. The van der Waals surface area contributed by atoms with Gasteiger partial charge in [-0.15, -0.1) is 0 Å². The Labute approximate surface area is 212 Å². The van der Waals surface area contributed by atoms with Gasteiger partial charge >= 0.3 is 0 Å². The smallest absolute Gasteiger partial charge is 0.241 e. The highest BCUT2D eigenvalue weighted by Gasteiger charge is 2.29. The second-order valence-electron chi connectivity index (χ2n) is 8.92. The molecule has 4 heterocycles. The largest absolute Gasteiger partial charge is 0.310 e. The van der Waals surface area contributed by atoms with E-state index in [9.17, 15) is 9.59 Å². The number of aromatic nitrogens is 3. The number of carbonyl (C=O) groups excluding carboxylic acids is 2. The van der Waals surface area contributed by atoms with Gasteiger partial charge in [0.25, 0.3) is 0 Å². The predicted molar refractivity (Wildman–Crippen MR) is 142 cm³/mol. The van der Waals surface area contributed by atoms with Gasteiger partial charge in [0, 0.05) is 47.9 Å². The fourth-order valence-electron chi connectivity index (χ4n) is 4.05. The summed E-state index contributed by atoms with van der Waals surface area (Å²) in [6, 6.07) is 5.57. The Hall–Kier alpha value is -3.83. The van der Waals surface area contributed by atoms with Crippen molar-refractivity contribution in [1.29, 1.82) is 0 Å². The number of amides is 2. The van der Waals surface area contributed by atoms with Gasteiger partial charge in [-0.25, -0.2) is 9.97 Å². The lowest BCUT2D eigenvalue weighted by Crippen LogP contribution is -2.35. The molecule has 3 aromatic heterocycles. The predicted octanol–water partition coefficient (Wildman–Crippen LogP) is 3.78. The number of hydrogen-bond acceptors (Lipinski definition) is 6. The van der Waals surface area contributed by atoms with Crippen LogP contribution in [0.5, 0.6) is 0 Å². The molecule has 1 saturated carbocycles. The lowest BCUT2D eigenvalue weighted by Gasteiger charge is -2.20. The Bertz CT molecular complexity index is 1320. The molecule has 186 valence electrons. The number of rotatable bonds is 3. The fourth-order valence-corrected chi connectivity index (χ4v) is 4.05. The van der Waals surface area contributed by atoms with Crippen LogP contribution in [0, 0.1) is 24.7 Å². The van der Waals surface area contributed by atoms with Crippen molar-refractivity contribution < 1.29 is 9.59 Å². The molecule has 2 fully saturated rings. The summed E-state index contributed by atoms with van der Waals surface area (Å²) >= 11 is 0. The highest BCUT2D eigenvalue weighted by molar-refractivity contribution is 5.97. The summed E-state index contributed by atoms with van der Waals surface area (Å²) < 4.78 is 0. The van der Waals surface area contributed by atoms with Crippen LogP contribution in [0.4, 0.5) is 11.5 Å². The van der Waals surface area contributed by atoms with Gasteiger partial charge < -0.3 is 10.2 Å². The molecule has 3 aromatic rings. The number of likely N-dealkylation sites (N-methyl/N-ethyl adjacent to an activating group) is 1. The standard InChI is InChI=1S/C26H26N6O2.C2H6/c1-17-23-15-29-24(30-26(34)18-4-5-18)12-22(23)19(13-27-17)6-7-20-8-9-21(14-28-20)32-11-3-10-31(2)16-25(32)33;1-2/h8-9,12-15,18H,3-5,10-11,16H2,1-2H3,(H,29,30,34);1-2H3. The highest BCUT2D eigenvalue weighted by Crippen LogP contribution is 2.30. The van der Waals surface area contributed by atoms with Gasteiger partial charge in [-0.3, -0.25) is 19.5 Å². The molecule has 5 rings (SSSR count). The summed E-state index contributed by atoms with van der Waals surface area (Å²) in [6.45, 7) is 7.92. The van der Waals surface area contributed by atoms with Crippen molar-refractivity contribution in [3.05, 3.63) is 53.7 Å².